The summed E-state index contributed by atoms with van der Waals surface area (Å²) >= 11 is 2.95. The van der Waals surface area contributed by atoms with Crippen LogP contribution >= 0.6 is 15.9 Å². The Morgan fingerprint density at radius 3 is 2.89 bits per heavy atom. The predicted octanol–water partition coefficient (Wildman–Crippen LogP) is 2.63. The van der Waals surface area contributed by atoms with E-state index in [0.29, 0.717) is 6.54 Å². The number of anilines is 1. The maximum Gasteiger partial charge on any atom is 0.336 e. The zero-order valence-corrected chi connectivity index (χ0v) is 11.6. The lowest BCUT2D eigenvalue weighted by atomic mass is 10.2. The lowest BCUT2D eigenvalue weighted by molar-refractivity contribution is 0.0695. The van der Waals surface area contributed by atoms with Crippen LogP contribution in [-0.2, 0) is 13.6 Å². The number of hydrogen-bond donors (Lipinski definition) is 2. The molecule has 0 saturated carbocycles. The highest BCUT2D eigenvalue weighted by Crippen LogP contribution is 2.27. The number of carbonyl (C=O) groups is 1. The van der Waals surface area contributed by atoms with Gasteiger partial charge in [0.05, 0.1) is 21.9 Å². The second kappa shape index (κ2) is 5.40. The number of aromatic carboxylic acids is 1. The molecule has 5 nitrogen and oxygen atoms in total. The van der Waals surface area contributed by atoms with Gasteiger partial charge in [-0.15, -0.1) is 0 Å². The van der Waals surface area contributed by atoms with Crippen LogP contribution in [0.15, 0.2) is 29.0 Å². The quantitative estimate of drug-likeness (QED) is 0.905. The van der Waals surface area contributed by atoms with Gasteiger partial charge in [-0.2, -0.15) is 5.10 Å². The van der Waals surface area contributed by atoms with Crippen LogP contribution in [0.25, 0.3) is 0 Å². The second-order valence-corrected chi connectivity index (χ2v) is 4.76. The van der Waals surface area contributed by atoms with E-state index in [0.717, 1.165) is 5.56 Å². The summed E-state index contributed by atoms with van der Waals surface area (Å²) in [5, 5.41) is 15.8. The summed E-state index contributed by atoms with van der Waals surface area (Å²) in [6, 6.07) is 2.75. The molecule has 0 aliphatic carbocycles. The summed E-state index contributed by atoms with van der Waals surface area (Å²) in [6.07, 6.45) is 3.48. The van der Waals surface area contributed by atoms with Crippen molar-refractivity contribution in [1.29, 1.82) is 0 Å². The van der Waals surface area contributed by atoms with Crippen molar-refractivity contribution < 1.29 is 14.3 Å². The van der Waals surface area contributed by atoms with Crippen molar-refractivity contribution in [2.75, 3.05) is 5.32 Å². The number of aromatic nitrogens is 2. The number of hydrogen-bond acceptors (Lipinski definition) is 3. The van der Waals surface area contributed by atoms with Crippen LogP contribution in [0.2, 0.25) is 0 Å². The molecule has 2 rings (SSSR count). The third-order valence-corrected chi connectivity index (χ3v) is 3.33. The zero-order valence-electron chi connectivity index (χ0n) is 10.0. The average Bonchev–Trinajstić information content (AvgIpc) is 2.76. The molecule has 19 heavy (non-hydrogen) atoms. The molecule has 0 spiro atoms. The summed E-state index contributed by atoms with van der Waals surface area (Å²) in [5.74, 6) is -1.80. The Bertz CT molecular complexity index is 627. The average molecular weight is 328 g/mol. The van der Waals surface area contributed by atoms with Gasteiger partial charge < -0.3 is 10.4 Å². The summed E-state index contributed by atoms with van der Waals surface area (Å²) in [5.41, 5.74) is 1.03. The highest BCUT2D eigenvalue weighted by atomic mass is 79.9. The van der Waals surface area contributed by atoms with Crippen molar-refractivity contribution in [3.8, 4) is 0 Å². The van der Waals surface area contributed by atoms with Crippen LogP contribution in [0.5, 0.6) is 0 Å². The number of halogens is 2. The van der Waals surface area contributed by atoms with Gasteiger partial charge in [0.15, 0.2) is 5.82 Å². The number of aryl methyl sites for hydroxylation is 1. The number of carboxylic acid groups (broad SMARTS) is 1. The lowest BCUT2D eigenvalue weighted by Crippen LogP contribution is -2.05. The molecule has 2 N–H and O–H groups in total. The lowest BCUT2D eigenvalue weighted by Gasteiger charge is -2.09. The molecule has 0 fully saturated rings. The van der Waals surface area contributed by atoms with E-state index >= 15 is 0 Å². The van der Waals surface area contributed by atoms with Gasteiger partial charge in [-0.05, 0) is 28.1 Å². The monoisotopic (exact) mass is 327 g/mol. The Labute approximate surface area is 117 Å². The first-order chi connectivity index (χ1) is 8.99. The van der Waals surface area contributed by atoms with E-state index < -0.39 is 11.8 Å². The Kier molecular flexibility index (Phi) is 3.84. The molecule has 0 atom stereocenters. The molecule has 0 radical (unpaired) electrons. The van der Waals surface area contributed by atoms with E-state index in [1.54, 1.807) is 17.9 Å². The fourth-order valence-electron chi connectivity index (χ4n) is 1.61. The first-order valence-corrected chi connectivity index (χ1v) is 6.21. The Morgan fingerprint density at radius 2 is 2.32 bits per heavy atom. The number of nitrogens with zero attached hydrogens (tertiary/aromatic N) is 2. The molecule has 1 aromatic heterocycles. The maximum atomic E-state index is 13.9. The van der Waals surface area contributed by atoms with Gasteiger partial charge in [0.2, 0.25) is 0 Å². The minimum Gasteiger partial charge on any atom is -0.478 e. The van der Waals surface area contributed by atoms with Crippen molar-refractivity contribution in [3.63, 3.8) is 0 Å². The summed E-state index contributed by atoms with van der Waals surface area (Å²) in [6.45, 7) is 0.406. The van der Waals surface area contributed by atoms with Crippen LogP contribution in [-0.4, -0.2) is 20.9 Å². The standard InChI is InChI=1S/C12H11BrFN3O2/c1-17-6-7(5-16-17)4-15-9-3-2-8(12(18)19)10(13)11(9)14/h2-3,5-6,15H,4H2,1H3,(H,18,19). The second-order valence-electron chi connectivity index (χ2n) is 3.97. The van der Waals surface area contributed by atoms with Gasteiger partial charge in [-0.3, -0.25) is 4.68 Å². The van der Waals surface area contributed by atoms with Gasteiger partial charge in [-0.25, -0.2) is 9.18 Å². The van der Waals surface area contributed by atoms with Crippen LogP contribution in [0.3, 0.4) is 0 Å². The van der Waals surface area contributed by atoms with Crippen LogP contribution in [0.4, 0.5) is 10.1 Å². The largest absolute Gasteiger partial charge is 0.478 e. The molecule has 7 heteroatoms. The van der Waals surface area contributed by atoms with Gasteiger partial charge in [0, 0.05) is 25.4 Å². The molecule has 0 bridgehead atoms. The van der Waals surface area contributed by atoms with Crippen LogP contribution < -0.4 is 5.32 Å². The van der Waals surface area contributed by atoms with Crippen molar-refractivity contribution in [2.45, 2.75) is 6.54 Å². The third kappa shape index (κ3) is 2.93. The van der Waals surface area contributed by atoms with E-state index in [9.17, 15) is 9.18 Å². The predicted molar refractivity (Wildman–Crippen MR) is 71.6 cm³/mol. The molecular weight excluding hydrogens is 317 g/mol. The number of nitrogens with one attached hydrogen (secondary N) is 1. The van der Waals surface area contributed by atoms with Crippen molar-refractivity contribution in [1.82, 2.24) is 9.78 Å². The molecule has 1 aromatic carbocycles. The molecule has 100 valence electrons. The zero-order chi connectivity index (χ0) is 14.0. The summed E-state index contributed by atoms with van der Waals surface area (Å²) in [4.78, 5) is 10.8. The molecule has 0 aliphatic rings. The SMILES string of the molecule is Cn1cc(CNc2ccc(C(=O)O)c(Br)c2F)cn1. The van der Waals surface area contributed by atoms with Gasteiger partial charge in [0.25, 0.3) is 0 Å². The van der Waals surface area contributed by atoms with Crippen molar-refractivity contribution >= 4 is 27.6 Å². The van der Waals surface area contributed by atoms with Crippen molar-refractivity contribution in [2.24, 2.45) is 7.05 Å². The van der Waals surface area contributed by atoms with E-state index in [2.05, 4.69) is 26.3 Å². The number of benzene rings is 1. The minimum atomic E-state index is -1.18. The van der Waals surface area contributed by atoms with E-state index in [1.807, 2.05) is 6.20 Å². The Balaban J connectivity index is 2.17. The minimum absolute atomic E-state index is 0.0591. The topological polar surface area (TPSA) is 67.2 Å². The number of rotatable bonds is 4. The molecule has 0 amide bonds. The highest BCUT2D eigenvalue weighted by molar-refractivity contribution is 9.10. The van der Waals surface area contributed by atoms with Gasteiger partial charge in [-0.1, -0.05) is 0 Å². The fourth-order valence-corrected chi connectivity index (χ4v) is 2.13. The third-order valence-electron chi connectivity index (χ3n) is 2.55. The first-order valence-electron chi connectivity index (χ1n) is 5.41. The highest BCUT2D eigenvalue weighted by Gasteiger charge is 2.15. The molecule has 0 unspecified atom stereocenters. The summed E-state index contributed by atoms with van der Waals surface area (Å²) in [7, 11) is 1.79. The Hall–Kier alpha value is -1.89. The summed E-state index contributed by atoms with van der Waals surface area (Å²) < 4.78 is 15.5. The number of carboxylic acids is 1. The smallest absolute Gasteiger partial charge is 0.336 e. The van der Waals surface area contributed by atoms with Gasteiger partial charge >= 0.3 is 5.97 Å². The van der Waals surface area contributed by atoms with Gasteiger partial charge in [0.1, 0.15) is 0 Å². The molecule has 1 heterocycles. The Morgan fingerprint density at radius 1 is 1.58 bits per heavy atom. The molecule has 2 aromatic rings. The molecular formula is C12H11BrFN3O2. The van der Waals surface area contributed by atoms with E-state index in [4.69, 9.17) is 5.11 Å². The molecule has 0 aliphatic heterocycles. The van der Waals surface area contributed by atoms with E-state index in [1.165, 1.54) is 12.1 Å². The van der Waals surface area contributed by atoms with E-state index in [-0.39, 0.29) is 15.7 Å². The van der Waals surface area contributed by atoms with Crippen LogP contribution in [0, 0.1) is 5.82 Å². The maximum absolute atomic E-state index is 13.9. The fraction of sp³-hybridized carbons (Fsp3) is 0.167. The van der Waals surface area contributed by atoms with Crippen LogP contribution in [0.1, 0.15) is 15.9 Å². The first kappa shape index (κ1) is 13.5. The van der Waals surface area contributed by atoms with Crippen molar-refractivity contribution in [3.05, 3.63) is 45.9 Å². The normalized spacial score (nSPS) is 10.5. The molecule has 0 saturated heterocycles.